The number of guanidine groups is 1. The van der Waals surface area contributed by atoms with Gasteiger partial charge in [0.1, 0.15) is 0 Å². The second kappa shape index (κ2) is 10.5. The largest absolute Gasteiger partial charge is 0.356 e. The van der Waals surface area contributed by atoms with E-state index in [0.717, 1.165) is 55.4 Å². The highest BCUT2D eigenvalue weighted by molar-refractivity contribution is 14.0. The molecule has 0 aliphatic carbocycles. The number of hydrogen-bond donors (Lipinski definition) is 1. The van der Waals surface area contributed by atoms with Gasteiger partial charge in [-0.1, -0.05) is 29.3 Å². The van der Waals surface area contributed by atoms with Crippen molar-refractivity contribution >= 4 is 53.1 Å². The average Bonchev–Trinajstić information content (AvgIpc) is 3.25. The van der Waals surface area contributed by atoms with Gasteiger partial charge in [-0.3, -0.25) is 9.67 Å². The molecule has 1 N–H and O–H groups in total. The highest BCUT2D eigenvalue weighted by atomic mass is 127. The van der Waals surface area contributed by atoms with Crippen LogP contribution < -0.4 is 5.32 Å². The third kappa shape index (κ3) is 5.99. The average molecular weight is 522 g/mol. The molecule has 8 heteroatoms. The highest BCUT2D eigenvalue weighted by Gasteiger charge is 2.26. The van der Waals surface area contributed by atoms with Crippen molar-refractivity contribution in [2.45, 2.75) is 25.2 Å². The van der Waals surface area contributed by atoms with Gasteiger partial charge < -0.3 is 10.2 Å². The smallest absolute Gasteiger partial charge is 0.193 e. The summed E-state index contributed by atoms with van der Waals surface area (Å²) in [4.78, 5) is 6.77. The van der Waals surface area contributed by atoms with Crippen LogP contribution in [0.25, 0.3) is 0 Å². The maximum absolute atomic E-state index is 6.23. The van der Waals surface area contributed by atoms with Crippen LogP contribution in [-0.4, -0.2) is 47.3 Å². The van der Waals surface area contributed by atoms with Crippen LogP contribution in [0.15, 0.2) is 35.6 Å². The molecule has 1 aromatic heterocycles. The number of hydrogen-bond acceptors (Lipinski definition) is 2. The van der Waals surface area contributed by atoms with E-state index in [1.165, 1.54) is 5.56 Å². The van der Waals surface area contributed by atoms with E-state index in [1.807, 2.05) is 37.1 Å². The van der Waals surface area contributed by atoms with Crippen molar-refractivity contribution < 1.29 is 0 Å². The molecule has 27 heavy (non-hydrogen) atoms. The van der Waals surface area contributed by atoms with Gasteiger partial charge >= 0.3 is 0 Å². The van der Waals surface area contributed by atoms with Gasteiger partial charge in [-0.25, -0.2) is 0 Å². The Labute approximate surface area is 188 Å². The number of nitrogens with one attached hydrogen (secondary N) is 1. The molecule has 1 saturated heterocycles. The van der Waals surface area contributed by atoms with E-state index in [1.54, 1.807) is 6.07 Å². The van der Waals surface area contributed by atoms with Crippen molar-refractivity contribution in [3.05, 3.63) is 51.8 Å². The van der Waals surface area contributed by atoms with Crippen LogP contribution in [0, 0.1) is 0 Å². The first-order valence-electron chi connectivity index (χ1n) is 8.95. The second-order valence-corrected chi connectivity index (χ2v) is 7.54. The summed E-state index contributed by atoms with van der Waals surface area (Å²) in [5, 5.41) is 9.17. The van der Waals surface area contributed by atoms with Crippen molar-refractivity contribution in [3.8, 4) is 0 Å². The molecule has 148 valence electrons. The fourth-order valence-corrected chi connectivity index (χ4v) is 3.91. The minimum Gasteiger partial charge on any atom is -0.356 e. The van der Waals surface area contributed by atoms with Gasteiger partial charge in [-0.2, -0.15) is 5.10 Å². The lowest BCUT2D eigenvalue weighted by molar-refractivity contribution is 0.485. The Balaban J connectivity index is 0.00000261. The quantitative estimate of drug-likeness (QED) is 0.275. The third-order valence-corrected chi connectivity index (χ3v) is 5.40. The van der Waals surface area contributed by atoms with E-state index in [0.29, 0.717) is 10.9 Å². The number of aromatic nitrogens is 2. The summed E-state index contributed by atoms with van der Waals surface area (Å²) in [5.41, 5.74) is 2.44. The van der Waals surface area contributed by atoms with Crippen LogP contribution >= 0.6 is 47.2 Å². The zero-order valence-corrected chi connectivity index (χ0v) is 19.5. The Hall–Kier alpha value is -0.990. The molecule has 1 fully saturated rings. The maximum Gasteiger partial charge on any atom is 0.193 e. The molecule has 1 atom stereocenters. The summed E-state index contributed by atoms with van der Waals surface area (Å²) in [7, 11) is 3.81. The van der Waals surface area contributed by atoms with Crippen LogP contribution in [0.2, 0.25) is 10.0 Å². The number of aryl methyl sites for hydroxylation is 2. The Kier molecular flexibility index (Phi) is 8.69. The molecule has 0 spiro atoms. The summed E-state index contributed by atoms with van der Waals surface area (Å²) in [6.07, 6.45) is 7.12. The number of rotatable bonds is 5. The molecule has 2 aromatic rings. The summed E-state index contributed by atoms with van der Waals surface area (Å²) in [6.45, 7) is 2.86. The molecule has 1 aliphatic heterocycles. The van der Waals surface area contributed by atoms with Crippen molar-refractivity contribution in [3.63, 3.8) is 0 Å². The Morgan fingerprint density at radius 1 is 1.37 bits per heavy atom. The van der Waals surface area contributed by atoms with Gasteiger partial charge in [-0.15, -0.1) is 24.0 Å². The summed E-state index contributed by atoms with van der Waals surface area (Å²) >= 11 is 12.2. The minimum absolute atomic E-state index is 0. The molecule has 0 saturated carbocycles. The SMILES string of the molecule is CN=C(NCCCc1ccc(Cl)cc1Cl)N1CCC(c2cnn(C)c2)C1.I. The number of benzene rings is 1. The highest BCUT2D eigenvalue weighted by Crippen LogP contribution is 2.26. The minimum atomic E-state index is 0. The molecular weight excluding hydrogens is 496 g/mol. The van der Waals surface area contributed by atoms with Gasteiger partial charge in [0, 0.05) is 55.9 Å². The summed E-state index contributed by atoms with van der Waals surface area (Å²) < 4.78 is 1.87. The molecule has 2 heterocycles. The van der Waals surface area contributed by atoms with Crippen LogP contribution in [-0.2, 0) is 13.5 Å². The summed E-state index contributed by atoms with van der Waals surface area (Å²) in [5.74, 6) is 1.49. The van der Waals surface area contributed by atoms with E-state index in [-0.39, 0.29) is 24.0 Å². The third-order valence-electron chi connectivity index (χ3n) is 4.82. The lowest BCUT2D eigenvalue weighted by Crippen LogP contribution is -2.40. The molecule has 1 unspecified atom stereocenters. The van der Waals surface area contributed by atoms with Crippen molar-refractivity contribution in [2.24, 2.45) is 12.0 Å². The van der Waals surface area contributed by atoms with E-state index >= 15 is 0 Å². The first-order valence-corrected chi connectivity index (χ1v) is 9.70. The van der Waals surface area contributed by atoms with Crippen LogP contribution in [0.1, 0.15) is 29.9 Å². The molecule has 1 aromatic carbocycles. The van der Waals surface area contributed by atoms with Crippen LogP contribution in [0.3, 0.4) is 0 Å². The van der Waals surface area contributed by atoms with Crippen molar-refractivity contribution in [2.75, 3.05) is 26.7 Å². The van der Waals surface area contributed by atoms with E-state index in [9.17, 15) is 0 Å². The lowest BCUT2D eigenvalue weighted by Gasteiger charge is -2.21. The molecule has 0 radical (unpaired) electrons. The predicted molar refractivity (Wildman–Crippen MR) is 124 cm³/mol. The molecule has 3 rings (SSSR count). The molecular formula is C19H26Cl2IN5. The standard InChI is InChI=1S/C19H25Cl2N5.HI/c1-22-19(23-8-3-4-14-5-6-17(20)10-18(14)21)26-9-7-15(13-26)16-11-24-25(2)12-16;/h5-6,10-12,15H,3-4,7-9,13H2,1-2H3,(H,22,23);1H. The number of nitrogens with zero attached hydrogens (tertiary/aromatic N) is 4. The van der Waals surface area contributed by atoms with Crippen molar-refractivity contribution in [1.82, 2.24) is 20.0 Å². The zero-order valence-electron chi connectivity index (χ0n) is 15.7. The molecule has 1 aliphatic rings. The monoisotopic (exact) mass is 521 g/mol. The lowest BCUT2D eigenvalue weighted by atomic mass is 10.0. The number of likely N-dealkylation sites (tertiary alicyclic amines) is 1. The first kappa shape index (κ1) is 22.3. The van der Waals surface area contributed by atoms with Crippen LogP contribution in [0.4, 0.5) is 0 Å². The molecule has 0 amide bonds. The van der Waals surface area contributed by atoms with Crippen molar-refractivity contribution in [1.29, 1.82) is 0 Å². The van der Waals surface area contributed by atoms with Gasteiger partial charge in [0.05, 0.1) is 6.20 Å². The fourth-order valence-electron chi connectivity index (χ4n) is 3.41. The fraction of sp³-hybridized carbons (Fsp3) is 0.474. The van der Waals surface area contributed by atoms with Gasteiger partial charge in [0.25, 0.3) is 0 Å². The Morgan fingerprint density at radius 3 is 2.85 bits per heavy atom. The van der Waals surface area contributed by atoms with Gasteiger partial charge in [-0.05, 0) is 42.5 Å². The normalized spacial score (nSPS) is 17.1. The van der Waals surface area contributed by atoms with E-state index in [2.05, 4.69) is 26.5 Å². The topological polar surface area (TPSA) is 45.5 Å². The first-order chi connectivity index (χ1) is 12.6. The molecule has 0 bridgehead atoms. The second-order valence-electron chi connectivity index (χ2n) is 6.69. The predicted octanol–water partition coefficient (Wildman–Crippen LogP) is 4.34. The zero-order chi connectivity index (χ0) is 18.5. The maximum atomic E-state index is 6.23. The number of aliphatic imine (C=N–C) groups is 1. The summed E-state index contributed by atoms with van der Waals surface area (Å²) in [6, 6.07) is 5.68. The Bertz CT molecular complexity index is 777. The van der Waals surface area contributed by atoms with Gasteiger partial charge in [0.2, 0.25) is 0 Å². The molecule has 5 nitrogen and oxygen atoms in total. The number of halogens is 3. The van der Waals surface area contributed by atoms with E-state index in [4.69, 9.17) is 23.2 Å². The van der Waals surface area contributed by atoms with Gasteiger partial charge in [0.15, 0.2) is 5.96 Å². The van der Waals surface area contributed by atoms with Crippen LogP contribution in [0.5, 0.6) is 0 Å². The Morgan fingerprint density at radius 2 is 2.19 bits per heavy atom. The van der Waals surface area contributed by atoms with E-state index < -0.39 is 0 Å².